The van der Waals surface area contributed by atoms with Crippen LogP contribution in [-0.4, -0.2) is 26.1 Å². The molecule has 6 nitrogen and oxygen atoms in total. The summed E-state index contributed by atoms with van der Waals surface area (Å²) in [5, 5.41) is 10.9. The number of amides is 1. The molecule has 2 aromatic rings. The average molecular weight is 306 g/mol. The molecule has 0 radical (unpaired) electrons. The zero-order valence-electron chi connectivity index (χ0n) is 12.1. The smallest absolute Gasteiger partial charge is 0.261 e. The van der Waals surface area contributed by atoms with Crippen molar-refractivity contribution < 1.29 is 4.79 Å². The highest BCUT2D eigenvalue weighted by molar-refractivity contribution is 6.34. The van der Waals surface area contributed by atoms with Crippen LogP contribution >= 0.6 is 11.6 Å². The van der Waals surface area contributed by atoms with E-state index in [1.807, 2.05) is 13.8 Å². The molecular weight excluding hydrogens is 290 g/mol. The number of carbonyl (C=O) groups is 1. The minimum absolute atomic E-state index is 0.172. The van der Waals surface area contributed by atoms with Gasteiger partial charge in [0.05, 0.1) is 22.0 Å². The zero-order chi connectivity index (χ0) is 15.4. The molecule has 1 amide bonds. The Balaban J connectivity index is 2.23. The molecule has 0 unspecified atom stereocenters. The van der Waals surface area contributed by atoms with Gasteiger partial charge in [0, 0.05) is 11.9 Å². The van der Waals surface area contributed by atoms with E-state index in [9.17, 15) is 4.79 Å². The number of nitrogens with zero attached hydrogens (tertiary/aromatic N) is 4. The lowest BCUT2D eigenvalue weighted by atomic mass is 10.2. The zero-order valence-corrected chi connectivity index (χ0v) is 12.9. The Hall–Kier alpha value is -2.08. The van der Waals surface area contributed by atoms with Gasteiger partial charge in [0.15, 0.2) is 0 Å². The van der Waals surface area contributed by atoms with Crippen molar-refractivity contribution in [3.8, 4) is 0 Å². The molecule has 0 aliphatic heterocycles. The molecule has 7 heteroatoms. The topological polar surface area (TPSA) is 80.7 Å². The second-order valence-electron chi connectivity index (χ2n) is 4.50. The van der Waals surface area contributed by atoms with Crippen LogP contribution in [0.5, 0.6) is 0 Å². The first-order valence-electron chi connectivity index (χ1n) is 6.71. The molecule has 0 saturated carbocycles. The Bertz CT molecular complexity index is 674. The molecule has 21 heavy (non-hydrogen) atoms. The van der Waals surface area contributed by atoms with E-state index in [2.05, 4.69) is 25.5 Å². The van der Waals surface area contributed by atoms with Crippen molar-refractivity contribution >= 4 is 23.5 Å². The minimum atomic E-state index is -0.402. The van der Waals surface area contributed by atoms with Gasteiger partial charge in [-0.05, 0) is 25.8 Å². The quantitative estimate of drug-likeness (QED) is 0.939. The van der Waals surface area contributed by atoms with Gasteiger partial charge in [0.2, 0.25) is 5.95 Å². The van der Waals surface area contributed by atoms with Crippen molar-refractivity contribution in [3.63, 3.8) is 0 Å². The van der Waals surface area contributed by atoms with Gasteiger partial charge < -0.3 is 0 Å². The standard InChI is InChI=1S/C14H16ClN5O/c1-4-11-12(5-2)19-20-14(17-11)18-13(21)9-7-16-8(3)6-10(9)15/h6-7H,4-5H2,1-3H3,(H,17,18,20,21). The van der Waals surface area contributed by atoms with E-state index in [0.717, 1.165) is 29.9 Å². The Morgan fingerprint density at radius 2 is 1.95 bits per heavy atom. The van der Waals surface area contributed by atoms with E-state index in [1.54, 1.807) is 13.0 Å². The number of halogens is 1. The van der Waals surface area contributed by atoms with Crippen molar-refractivity contribution in [1.82, 2.24) is 20.2 Å². The third-order valence-corrected chi connectivity index (χ3v) is 3.28. The summed E-state index contributed by atoms with van der Waals surface area (Å²) >= 11 is 6.04. The van der Waals surface area contributed by atoms with Crippen LogP contribution in [-0.2, 0) is 12.8 Å². The van der Waals surface area contributed by atoms with Crippen LogP contribution in [0, 0.1) is 6.92 Å². The van der Waals surface area contributed by atoms with Crippen LogP contribution in [0.15, 0.2) is 12.3 Å². The summed E-state index contributed by atoms with van der Waals surface area (Å²) in [7, 11) is 0. The maximum absolute atomic E-state index is 12.2. The number of aromatic nitrogens is 4. The maximum Gasteiger partial charge on any atom is 0.261 e. The van der Waals surface area contributed by atoms with E-state index in [4.69, 9.17) is 11.6 Å². The molecule has 2 heterocycles. The number of hydrogen-bond donors (Lipinski definition) is 1. The van der Waals surface area contributed by atoms with Crippen molar-refractivity contribution in [1.29, 1.82) is 0 Å². The number of nitrogens with one attached hydrogen (secondary N) is 1. The first kappa shape index (κ1) is 15.3. The minimum Gasteiger partial charge on any atom is -0.289 e. The fourth-order valence-electron chi connectivity index (χ4n) is 1.85. The largest absolute Gasteiger partial charge is 0.289 e. The summed E-state index contributed by atoms with van der Waals surface area (Å²) in [6.07, 6.45) is 2.92. The normalized spacial score (nSPS) is 10.5. The van der Waals surface area contributed by atoms with Gasteiger partial charge in [0.1, 0.15) is 0 Å². The molecule has 0 fully saturated rings. The summed E-state index contributed by atoms with van der Waals surface area (Å²) in [4.78, 5) is 20.5. The lowest BCUT2D eigenvalue weighted by Gasteiger charge is -2.08. The van der Waals surface area contributed by atoms with Crippen LogP contribution in [0.4, 0.5) is 5.95 Å². The van der Waals surface area contributed by atoms with Gasteiger partial charge in [0.25, 0.3) is 5.91 Å². The molecule has 0 spiro atoms. The Morgan fingerprint density at radius 1 is 1.24 bits per heavy atom. The molecule has 0 aliphatic rings. The summed E-state index contributed by atoms with van der Waals surface area (Å²) in [5.74, 6) is -0.230. The summed E-state index contributed by atoms with van der Waals surface area (Å²) in [6, 6.07) is 1.63. The SMILES string of the molecule is CCc1nnc(NC(=O)c2cnc(C)cc2Cl)nc1CC. The second-order valence-corrected chi connectivity index (χ2v) is 4.90. The molecule has 0 aliphatic carbocycles. The second kappa shape index (κ2) is 6.58. The van der Waals surface area contributed by atoms with Crippen LogP contribution in [0.2, 0.25) is 5.02 Å². The van der Waals surface area contributed by atoms with Crippen LogP contribution in [0.25, 0.3) is 0 Å². The van der Waals surface area contributed by atoms with Gasteiger partial charge in [-0.3, -0.25) is 15.1 Å². The van der Waals surface area contributed by atoms with Crippen LogP contribution in [0.1, 0.15) is 41.3 Å². The Labute approximate surface area is 128 Å². The molecule has 110 valence electrons. The predicted octanol–water partition coefficient (Wildman–Crippen LogP) is 2.61. The number of rotatable bonds is 4. The monoisotopic (exact) mass is 305 g/mol. The molecule has 1 N–H and O–H groups in total. The molecule has 0 aromatic carbocycles. The van der Waals surface area contributed by atoms with E-state index >= 15 is 0 Å². The van der Waals surface area contributed by atoms with E-state index < -0.39 is 5.91 Å². The summed E-state index contributed by atoms with van der Waals surface area (Å²) in [6.45, 7) is 5.77. The average Bonchev–Trinajstić information content (AvgIpc) is 2.46. The highest BCUT2D eigenvalue weighted by Gasteiger charge is 2.14. The summed E-state index contributed by atoms with van der Waals surface area (Å²) in [5.41, 5.74) is 2.69. The molecule has 2 rings (SSSR count). The van der Waals surface area contributed by atoms with Crippen molar-refractivity contribution in [2.75, 3.05) is 5.32 Å². The molecule has 0 bridgehead atoms. The van der Waals surface area contributed by atoms with Crippen molar-refractivity contribution in [2.45, 2.75) is 33.6 Å². The third kappa shape index (κ3) is 3.52. The van der Waals surface area contributed by atoms with Gasteiger partial charge in [-0.2, -0.15) is 0 Å². The highest BCUT2D eigenvalue weighted by atomic mass is 35.5. The number of hydrogen-bond acceptors (Lipinski definition) is 5. The molecule has 0 saturated heterocycles. The first-order chi connectivity index (χ1) is 10.0. The lowest BCUT2D eigenvalue weighted by Crippen LogP contribution is -2.17. The van der Waals surface area contributed by atoms with Crippen molar-refractivity contribution in [3.05, 3.63) is 39.9 Å². The number of anilines is 1. The highest BCUT2D eigenvalue weighted by Crippen LogP contribution is 2.17. The number of pyridine rings is 1. The van der Waals surface area contributed by atoms with E-state index in [0.29, 0.717) is 5.02 Å². The fraction of sp³-hybridized carbons (Fsp3) is 0.357. The first-order valence-corrected chi connectivity index (χ1v) is 7.08. The number of aryl methyl sites for hydroxylation is 3. The molecular formula is C14H16ClN5O. The van der Waals surface area contributed by atoms with E-state index in [-0.39, 0.29) is 11.5 Å². The fourth-order valence-corrected chi connectivity index (χ4v) is 2.15. The number of carbonyl (C=O) groups excluding carboxylic acids is 1. The van der Waals surface area contributed by atoms with Gasteiger partial charge >= 0.3 is 0 Å². The Kier molecular flexibility index (Phi) is 4.80. The maximum atomic E-state index is 12.2. The van der Waals surface area contributed by atoms with E-state index in [1.165, 1.54) is 6.20 Å². The lowest BCUT2D eigenvalue weighted by molar-refractivity contribution is 0.102. The summed E-state index contributed by atoms with van der Waals surface area (Å²) < 4.78 is 0. The third-order valence-electron chi connectivity index (χ3n) is 2.97. The predicted molar refractivity (Wildman–Crippen MR) is 80.5 cm³/mol. The van der Waals surface area contributed by atoms with Gasteiger partial charge in [-0.15, -0.1) is 10.2 Å². The van der Waals surface area contributed by atoms with Gasteiger partial charge in [-0.1, -0.05) is 25.4 Å². The van der Waals surface area contributed by atoms with Crippen LogP contribution < -0.4 is 5.32 Å². The van der Waals surface area contributed by atoms with Gasteiger partial charge in [-0.25, -0.2) is 4.98 Å². The van der Waals surface area contributed by atoms with Crippen molar-refractivity contribution in [2.24, 2.45) is 0 Å². The Morgan fingerprint density at radius 3 is 2.57 bits per heavy atom. The van der Waals surface area contributed by atoms with Crippen LogP contribution in [0.3, 0.4) is 0 Å². The molecule has 0 atom stereocenters. The molecule has 2 aromatic heterocycles.